The second kappa shape index (κ2) is 7.56. The summed E-state index contributed by atoms with van der Waals surface area (Å²) in [5, 5.41) is 14.3. The molecule has 0 bridgehead atoms. The van der Waals surface area contributed by atoms with Crippen LogP contribution in [-0.4, -0.2) is 5.11 Å². The SMILES string of the molecule is Oc1ccccc1-c1ccccc1P(c1ccccc1)c1ccccc1. The van der Waals surface area contributed by atoms with Crippen LogP contribution in [0.25, 0.3) is 11.1 Å². The van der Waals surface area contributed by atoms with Gasteiger partial charge in [-0.3, -0.25) is 0 Å². The molecule has 0 fully saturated rings. The van der Waals surface area contributed by atoms with Gasteiger partial charge in [-0.25, -0.2) is 0 Å². The molecule has 0 unspecified atom stereocenters. The van der Waals surface area contributed by atoms with Gasteiger partial charge in [0.05, 0.1) is 0 Å². The Morgan fingerprint density at radius 3 is 1.50 bits per heavy atom. The van der Waals surface area contributed by atoms with Gasteiger partial charge in [0.25, 0.3) is 0 Å². The highest BCUT2D eigenvalue weighted by Crippen LogP contribution is 2.38. The highest BCUT2D eigenvalue weighted by molar-refractivity contribution is 7.80. The van der Waals surface area contributed by atoms with Crippen molar-refractivity contribution in [1.82, 2.24) is 0 Å². The van der Waals surface area contributed by atoms with E-state index in [1.54, 1.807) is 6.07 Å². The van der Waals surface area contributed by atoms with E-state index in [1.165, 1.54) is 15.9 Å². The average molecular weight is 354 g/mol. The summed E-state index contributed by atoms with van der Waals surface area (Å²) in [6.07, 6.45) is 0. The molecule has 0 saturated heterocycles. The molecule has 26 heavy (non-hydrogen) atoms. The van der Waals surface area contributed by atoms with E-state index in [2.05, 4.69) is 78.9 Å². The van der Waals surface area contributed by atoms with Crippen LogP contribution in [0.4, 0.5) is 0 Å². The smallest absolute Gasteiger partial charge is 0.123 e. The molecule has 0 heterocycles. The number of phenolic OH excluding ortho intramolecular Hbond substituents is 1. The van der Waals surface area contributed by atoms with Crippen molar-refractivity contribution in [2.45, 2.75) is 0 Å². The maximum atomic E-state index is 10.4. The normalized spacial score (nSPS) is 10.8. The van der Waals surface area contributed by atoms with E-state index < -0.39 is 7.92 Å². The molecule has 2 heteroatoms. The zero-order valence-electron chi connectivity index (χ0n) is 14.3. The minimum atomic E-state index is -0.714. The van der Waals surface area contributed by atoms with Gasteiger partial charge in [0.15, 0.2) is 0 Å². The van der Waals surface area contributed by atoms with Crippen molar-refractivity contribution in [2.24, 2.45) is 0 Å². The van der Waals surface area contributed by atoms with E-state index in [-0.39, 0.29) is 0 Å². The van der Waals surface area contributed by atoms with E-state index in [4.69, 9.17) is 0 Å². The predicted molar refractivity (Wildman–Crippen MR) is 112 cm³/mol. The summed E-state index contributed by atoms with van der Waals surface area (Å²) in [5.41, 5.74) is 1.96. The Bertz CT molecular complexity index is 957. The minimum Gasteiger partial charge on any atom is -0.507 e. The molecule has 0 aliphatic carbocycles. The van der Waals surface area contributed by atoms with E-state index >= 15 is 0 Å². The first-order valence-corrected chi connectivity index (χ1v) is 9.96. The summed E-state index contributed by atoms with van der Waals surface area (Å²) in [7, 11) is -0.714. The van der Waals surface area contributed by atoms with Crippen LogP contribution in [-0.2, 0) is 0 Å². The number of hydrogen-bond acceptors (Lipinski definition) is 1. The van der Waals surface area contributed by atoms with E-state index in [0.29, 0.717) is 5.75 Å². The number of aromatic hydroxyl groups is 1. The molecule has 0 aromatic heterocycles. The second-order valence-electron chi connectivity index (χ2n) is 6.04. The van der Waals surface area contributed by atoms with E-state index in [1.807, 2.05) is 24.3 Å². The van der Waals surface area contributed by atoms with Gasteiger partial charge in [-0.1, -0.05) is 103 Å². The monoisotopic (exact) mass is 354 g/mol. The van der Waals surface area contributed by atoms with Crippen molar-refractivity contribution < 1.29 is 5.11 Å². The Labute approximate surface area is 155 Å². The second-order valence-corrected chi connectivity index (χ2v) is 8.23. The van der Waals surface area contributed by atoms with Gasteiger partial charge in [0.1, 0.15) is 5.75 Å². The molecule has 0 saturated carbocycles. The third kappa shape index (κ3) is 3.27. The number of benzene rings is 4. The van der Waals surface area contributed by atoms with Crippen LogP contribution < -0.4 is 15.9 Å². The van der Waals surface area contributed by atoms with Crippen LogP contribution in [0.5, 0.6) is 5.75 Å². The first kappa shape index (κ1) is 16.6. The maximum Gasteiger partial charge on any atom is 0.123 e. The van der Waals surface area contributed by atoms with E-state index in [0.717, 1.165) is 11.1 Å². The van der Waals surface area contributed by atoms with Crippen LogP contribution in [0.3, 0.4) is 0 Å². The molecule has 0 spiro atoms. The maximum absolute atomic E-state index is 10.4. The third-order valence-electron chi connectivity index (χ3n) is 4.37. The third-order valence-corrected chi connectivity index (χ3v) is 6.87. The van der Waals surface area contributed by atoms with Crippen molar-refractivity contribution in [1.29, 1.82) is 0 Å². The minimum absolute atomic E-state index is 0.316. The Balaban J connectivity index is 1.95. The molecule has 0 amide bonds. The molecular weight excluding hydrogens is 335 g/mol. The highest BCUT2D eigenvalue weighted by Gasteiger charge is 2.20. The zero-order chi connectivity index (χ0) is 17.8. The van der Waals surface area contributed by atoms with Crippen molar-refractivity contribution in [2.75, 3.05) is 0 Å². The summed E-state index contributed by atoms with van der Waals surface area (Å²) < 4.78 is 0. The first-order valence-electron chi connectivity index (χ1n) is 8.62. The lowest BCUT2D eigenvalue weighted by molar-refractivity contribution is 0.477. The summed E-state index contributed by atoms with van der Waals surface area (Å²) in [6, 6.07) is 37.2. The largest absolute Gasteiger partial charge is 0.507 e. The Morgan fingerprint density at radius 2 is 0.923 bits per heavy atom. The van der Waals surface area contributed by atoms with Crippen LogP contribution in [0.1, 0.15) is 0 Å². The van der Waals surface area contributed by atoms with Crippen LogP contribution in [0, 0.1) is 0 Å². The fourth-order valence-electron chi connectivity index (χ4n) is 3.18. The number of para-hydroxylation sites is 1. The molecular formula is C24H19OP. The number of hydrogen-bond donors (Lipinski definition) is 1. The Morgan fingerprint density at radius 1 is 0.462 bits per heavy atom. The fraction of sp³-hybridized carbons (Fsp3) is 0. The summed E-state index contributed by atoms with van der Waals surface area (Å²) in [6.45, 7) is 0. The predicted octanol–water partition coefficient (Wildman–Crippen LogP) is 4.82. The standard InChI is InChI=1S/C24H19OP/c25-23-17-9-7-15-21(23)22-16-8-10-18-24(22)26(19-11-3-1-4-12-19)20-13-5-2-6-14-20/h1-18,25H. The fourth-order valence-corrected chi connectivity index (χ4v) is 5.65. The van der Waals surface area contributed by atoms with Crippen molar-refractivity contribution >= 4 is 23.8 Å². The molecule has 4 rings (SSSR count). The zero-order valence-corrected chi connectivity index (χ0v) is 15.2. The Hall–Kier alpha value is -2.89. The van der Waals surface area contributed by atoms with Crippen molar-refractivity contribution in [3.8, 4) is 16.9 Å². The van der Waals surface area contributed by atoms with Gasteiger partial charge in [0, 0.05) is 5.56 Å². The summed E-state index contributed by atoms with van der Waals surface area (Å²) in [4.78, 5) is 0. The summed E-state index contributed by atoms with van der Waals surface area (Å²) >= 11 is 0. The molecule has 126 valence electrons. The molecule has 1 nitrogen and oxygen atoms in total. The Kier molecular flexibility index (Phi) is 4.82. The quantitative estimate of drug-likeness (QED) is 0.521. The highest BCUT2D eigenvalue weighted by atomic mass is 31.1. The lowest BCUT2D eigenvalue weighted by atomic mass is 10.0. The molecule has 4 aromatic carbocycles. The first-order chi connectivity index (χ1) is 12.8. The van der Waals surface area contributed by atoms with Crippen molar-refractivity contribution in [3.05, 3.63) is 109 Å². The van der Waals surface area contributed by atoms with Gasteiger partial charge >= 0.3 is 0 Å². The van der Waals surface area contributed by atoms with Crippen LogP contribution in [0.15, 0.2) is 109 Å². The molecule has 1 N–H and O–H groups in total. The van der Waals surface area contributed by atoms with Gasteiger partial charge < -0.3 is 5.11 Å². The molecule has 0 aliphatic heterocycles. The van der Waals surface area contributed by atoms with Gasteiger partial charge in [-0.05, 0) is 35.5 Å². The molecule has 0 aliphatic rings. The van der Waals surface area contributed by atoms with Crippen LogP contribution >= 0.6 is 7.92 Å². The average Bonchev–Trinajstić information content (AvgIpc) is 2.71. The topological polar surface area (TPSA) is 20.2 Å². The van der Waals surface area contributed by atoms with Crippen molar-refractivity contribution in [3.63, 3.8) is 0 Å². The van der Waals surface area contributed by atoms with Crippen LogP contribution in [0.2, 0.25) is 0 Å². The number of rotatable bonds is 4. The lowest BCUT2D eigenvalue weighted by Crippen LogP contribution is -2.22. The van der Waals surface area contributed by atoms with E-state index in [9.17, 15) is 5.11 Å². The van der Waals surface area contributed by atoms with Gasteiger partial charge in [0.2, 0.25) is 0 Å². The molecule has 4 aromatic rings. The molecule has 0 radical (unpaired) electrons. The number of phenols is 1. The lowest BCUT2D eigenvalue weighted by Gasteiger charge is -2.22. The molecule has 0 atom stereocenters. The van der Waals surface area contributed by atoms with Gasteiger partial charge in [-0.2, -0.15) is 0 Å². The summed E-state index contributed by atoms with van der Waals surface area (Å²) in [5.74, 6) is 0.316. The van der Waals surface area contributed by atoms with Gasteiger partial charge in [-0.15, -0.1) is 0 Å².